The van der Waals surface area contributed by atoms with Crippen LogP contribution in [0, 0.1) is 5.92 Å². The molecule has 0 spiro atoms. The summed E-state index contributed by atoms with van der Waals surface area (Å²) in [6.07, 6.45) is 0. The van der Waals surface area contributed by atoms with E-state index in [0.29, 0.717) is 5.92 Å². The first-order chi connectivity index (χ1) is 7.67. The van der Waals surface area contributed by atoms with E-state index in [1.54, 1.807) is 7.11 Å². The molecule has 4 heteroatoms. The lowest BCUT2D eigenvalue weighted by atomic mass is 10.2. The van der Waals surface area contributed by atoms with Crippen LogP contribution in [0.15, 0.2) is 22.7 Å². The van der Waals surface area contributed by atoms with Crippen LogP contribution in [0.25, 0.3) is 0 Å². The van der Waals surface area contributed by atoms with Crippen LogP contribution < -0.4 is 10.5 Å². The molecule has 1 rings (SSSR count). The number of ether oxygens (including phenoxy) is 1. The van der Waals surface area contributed by atoms with E-state index in [1.165, 1.54) is 5.56 Å². The van der Waals surface area contributed by atoms with E-state index in [-0.39, 0.29) is 0 Å². The topological polar surface area (TPSA) is 35.2 Å². The molecule has 2 N–H and O–H groups in total. The van der Waals surface area contributed by atoms with E-state index in [2.05, 4.69) is 28.9 Å². The molecule has 1 aromatic rings. The molecule has 90 valence electrons. The van der Waals surface area contributed by atoms with Crippen molar-refractivity contribution in [2.24, 2.45) is 11.7 Å². The molecule has 0 saturated heterocycles. The van der Waals surface area contributed by atoms with Crippen molar-refractivity contribution in [2.75, 3.05) is 19.4 Å². The highest BCUT2D eigenvalue weighted by Crippen LogP contribution is 2.26. The van der Waals surface area contributed by atoms with Crippen molar-refractivity contribution in [3.8, 4) is 5.75 Å². The van der Waals surface area contributed by atoms with Gasteiger partial charge in [-0.25, -0.2) is 0 Å². The smallest absolute Gasteiger partial charge is 0.119 e. The molecular weight excluding hydrogens is 286 g/mol. The Bertz CT molecular complexity index is 333. The van der Waals surface area contributed by atoms with Crippen LogP contribution in [0.1, 0.15) is 12.5 Å². The van der Waals surface area contributed by atoms with Gasteiger partial charge in [-0.2, -0.15) is 11.8 Å². The highest BCUT2D eigenvalue weighted by molar-refractivity contribution is 9.10. The number of hydrogen-bond donors (Lipinski definition) is 1. The molecule has 0 radical (unpaired) electrons. The summed E-state index contributed by atoms with van der Waals surface area (Å²) in [5.41, 5.74) is 6.86. The fourth-order valence-corrected chi connectivity index (χ4v) is 2.91. The lowest BCUT2D eigenvalue weighted by molar-refractivity contribution is 0.414. The van der Waals surface area contributed by atoms with Gasteiger partial charge in [-0.15, -0.1) is 0 Å². The Balaban J connectivity index is 2.52. The summed E-state index contributed by atoms with van der Waals surface area (Å²) in [6, 6.07) is 6.06. The molecule has 0 bridgehead atoms. The summed E-state index contributed by atoms with van der Waals surface area (Å²) >= 11 is 5.46. The largest absolute Gasteiger partial charge is 0.497 e. The molecule has 1 atom stereocenters. The zero-order chi connectivity index (χ0) is 12.0. The van der Waals surface area contributed by atoms with Gasteiger partial charge in [0.15, 0.2) is 0 Å². The minimum atomic E-state index is 0.578. The van der Waals surface area contributed by atoms with Crippen molar-refractivity contribution >= 4 is 27.7 Å². The molecular formula is C12H18BrNOS. The molecule has 0 aromatic heterocycles. The van der Waals surface area contributed by atoms with Crippen LogP contribution in [0.5, 0.6) is 5.75 Å². The fraction of sp³-hybridized carbons (Fsp3) is 0.500. The molecule has 1 unspecified atom stereocenters. The third-order valence-corrected chi connectivity index (χ3v) is 4.41. The minimum Gasteiger partial charge on any atom is -0.497 e. The Morgan fingerprint density at radius 1 is 1.50 bits per heavy atom. The van der Waals surface area contributed by atoms with Crippen LogP contribution in [0.3, 0.4) is 0 Å². The van der Waals surface area contributed by atoms with Gasteiger partial charge in [0.1, 0.15) is 5.75 Å². The van der Waals surface area contributed by atoms with Crippen molar-refractivity contribution in [1.82, 2.24) is 0 Å². The van der Waals surface area contributed by atoms with Crippen molar-refractivity contribution in [3.05, 3.63) is 28.2 Å². The van der Waals surface area contributed by atoms with E-state index in [1.807, 2.05) is 23.9 Å². The van der Waals surface area contributed by atoms with Gasteiger partial charge in [0.2, 0.25) is 0 Å². The van der Waals surface area contributed by atoms with E-state index in [0.717, 1.165) is 28.3 Å². The number of methoxy groups -OCH3 is 1. The fourth-order valence-electron chi connectivity index (χ4n) is 1.23. The zero-order valence-electron chi connectivity index (χ0n) is 9.70. The molecule has 0 aliphatic rings. The Hall–Kier alpha value is -0.190. The summed E-state index contributed by atoms with van der Waals surface area (Å²) in [5, 5.41) is 0. The number of hydrogen-bond acceptors (Lipinski definition) is 3. The van der Waals surface area contributed by atoms with Crippen LogP contribution in [0.2, 0.25) is 0 Å². The Labute approximate surface area is 110 Å². The van der Waals surface area contributed by atoms with Gasteiger partial charge in [-0.05, 0) is 42.0 Å². The highest BCUT2D eigenvalue weighted by atomic mass is 79.9. The predicted molar refractivity (Wildman–Crippen MR) is 75.1 cm³/mol. The number of rotatable bonds is 6. The van der Waals surface area contributed by atoms with E-state index >= 15 is 0 Å². The number of nitrogens with two attached hydrogens (primary N) is 1. The first kappa shape index (κ1) is 13.9. The average molecular weight is 304 g/mol. The second-order valence-electron chi connectivity index (χ2n) is 3.81. The van der Waals surface area contributed by atoms with Crippen LogP contribution in [-0.4, -0.2) is 19.4 Å². The minimum absolute atomic E-state index is 0.578. The first-order valence-corrected chi connectivity index (χ1v) is 7.22. The summed E-state index contributed by atoms with van der Waals surface area (Å²) in [5.74, 6) is 3.57. The quantitative estimate of drug-likeness (QED) is 0.876. The molecule has 16 heavy (non-hydrogen) atoms. The van der Waals surface area contributed by atoms with E-state index in [4.69, 9.17) is 10.5 Å². The predicted octanol–water partition coefficient (Wildman–Crippen LogP) is 3.29. The summed E-state index contributed by atoms with van der Waals surface area (Å²) < 4.78 is 6.35. The third-order valence-electron chi connectivity index (χ3n) is 2.32. The molecule has 0 fully saturated rings. The number of benzene rings is 1. The summed E-state index contributed by atoms with van der Waals surface area (Å²) in [7, 11) is 1.69. The normalized spacial score (nSPS) is 12.5. The van der Waals surface area contributed by atoms with Crippen LogP contribution in [-0.2, 0) is 5.75 Å². The Kier molecular flexibility index (Phi) is 6.24. The van der Waals surface area contributed by atoms with Crippen LogP contribution in [0.4, 0.5) is 0 Å². The standard InChI is InChI=1S/C12H18BrNOS/c1-9(6-14)7-16-8-10-5-11(15-2)3-4-12(10)13/h3-5,9H,6-8,14H2,1-2H3. The lowest BCUT2D eigenvalue weighted by Crippen LogP contribution is -2.12. The summed E-state index contributed by atoms with van der Waals surface area (Å²) in [4.78, 5) is 0. The maximum atomic E-state index is 5.58. The number of thioether (sulfide) groups is 1. The van der Waals surface area contributed by atoms with Gasteiger partial charge >= 0.3 is 0 Å². The van der Waals surface area contributed by atoms with Gasteiger partial charge in [-0.1, -0.05) is 22.9 Å². The first-order valence-electron chi connectivity index (χ1n) is 5.27. The molecule has 0 heterocycles. The zero-order valence-corrected chi connectivity index (χ0v) is 12.1. The Morgan fingerprint density at radius 3 is 2.88 bits per heavy atom. The molecule has 0 saturated carbocycles. The van der Waals surface area contributed by atoms with E-state index in [9.17, 15) is 0 Å². The van der Waals surface area contributed by atoms with Crippen LogP contribution >= 0.6 is 27.7 Å². The Morgan fingerprint density at radius 2 is 2.25 bits per heavy atom. The molecule has 0 amide bonds. The van der Waals surface area contributed by atoms with Crippen molar-refractivity contribution in [3.63, 3.8) is 0 Å². The second kappa shape index (κ2) is 7.20. The molecule has 0 aliphatic heterocycles. The molecule has 2 nitrogen and oxygen atoms in total. The average Bonchev–Trinajstić information content (AvgIpc) is 2.31. The number of halogens is 1. The van der Waals surface area contributed by atoms with Gasteiger partial charge in [-0.3, -0.25) is 0 Å². The van der Waals surface area contributed by atoms with E-state index < -0.39 is 0 Å². The van der Waals surface area contributed by atoms with Crippen molar-refractivity contribution in [1.29, 1.82) is 0 Å². The third kappa shape index (κ3) is 4.36. The van der Waals surface area contributed by atoms with Gasteiger partial charge in [0.05, 0.1) is 7.11 Å². The van der Waals surface area contributed by atoms with Gasteiger partial charge in [0, 0.05) is 10.2 Å². The SMILES string of the molecule is COc1ccc(Br)c(CSCC(C)CN)c1. The molecule has 0 aliphatic carbocycles. The molecule has 1 aromatic carbocycles. The summed E-state index contributed by atoms with van der Waals surface area (Å²) in [6.45, 7) is 2.93. The van der Waals surface area contributed by atoms with Gasteiger partial charge in [0.25, 0.3) is 0 Å². The maximum absolute atomic E-state index is 5.58. The highest BCUT2D eigenvalue weighted by Gasteiger charge is 2.04. The van der Waals surface area contributed by atoms with Gasteiger partial charge < -0.3 is 10.5 Å². The monoisotopic (exact) mass is 303 g/mol. The maximum Gasteiger partial charge on any atom is 0.119 e. The second-order valence-corrected chi connectivity index (χ2v) is 5.70. The van der Waals surface area contributed by atoms with Crippen molar-refractivity contribution < 1.29 is 4.74 Å². The van der Waals surface area contributed by atoms with Crippen molar-refractivity contribution in [2.45, 2.75) is 12.7 Å². The lowest BCUT2D eigenvalue weighted by Gasteiger charge is -2.10.